The summed E-state index contributed by atoms with van der Waals surface area (Å²) in [6.07, 6.45) is 1.29. The normalized spacial score (nSPS) is 20.4. The van der Waals surface area contributed by atoms with Crippen LogP contribution >= 0.6 is 0 Å². The molecule has 5 nitrogen and oxygen atoms in total. The Bertz CT molecular complexity index is 671. The van der Waals surface area contributed by atoms with E-state index in [1.54, 1.807) is 0 Å². The van der Waals surface area contributed by atoms with Gasteiger partial charge >= 0.3 is 0 Å². The molecule has 1 aliphatic rings. The van der Waals surface area contributed by atoms with Crippen molar-refractivity contribution in [2.45, 2.75) is 6.04 Å². The van der Waals surface area contributed by atoms with Gasteiger partial charge in [-0.25, -0.2) is 17.2 Å². The summed E-state index contributed by atoms with van der Waals surface area (Å²) in [6, 6.07) is 0.640. The minimum absolute atomic E-state index is 0.281. The Morgan fingerprint density at radius 3 is 2.58 bits per heavy atom. The van der Waals surface area contributed by atoms with Crippen LogP contribution in [0.25, 0.3) is 0 Å². The van der Waals surface area contributed by atoms with E-state index in [2.05, 4.69) is 5.32 Å². The molecule has 8 heteroatoms. The molecule has 102 valence electrons. The van der Waals surface area contributed by atoms with Gasteiger partial charge in [-0.05, 0) is 12.1 Å². The van der Waals surface area contributed by atoms with Crippen molar-refractivity contribution in [2.75, 3.05) is 11.5 Å². The monoisotopic (exact) mass is 288 g/mol. The number of nitrogens with two attached hydrogens (primary N) is 1. The van der Waals surface area contributed by atoms with Crippen LogP contribution in [0, 0.1) is 11.6 Å². The van der Waals surface area contributed by atoms with Crippen LogP contribution in [0.4, 0.5) is 14.5 Å². The van der Waals surface area contributed by atoms with Crippen LogP contribution in [0.1, 0.15) is 10.4 Å². The van der Waals surface area contributed by atoms with E-state index in [1.807, 2.05) is 0 Å². The van der Waals surface area contributed by atoms with Crippen LogP contribution in [0.3, 0.4) is 0 Å². The molecule has 0 saturated heterocycles. The summed E-state index contributed by atoms with van der Waals surface area (Å²) >= 11 is 0. The molecule has 1 aromatic rings. The number of amides is 1. The van der Waals surface area contributed by atoms with Crippen molar-refractivity contribution in [3.05, 3.63) is 40.8 Å². The number of hydrogen-bond donors (Lipinski definition) is 2. The second-order valence-corrected chi connectivity index (χ2v) is 6.02. The van der Waals surface area contributed by atoms with Crippen molar-refractivity contribution in [3.63, 3.8) is 0 Å². The minimum atomic E-state index is -3.32. The summed E-state index contributed by atoms with van der Waals surface area (Å²) in [6.45, 7) is 0. The lowest BCUT2D eigenvalue weighted by Crippen LogP contribution is -2.36. The molecule has 1 atom stereocenters. The summed E-state index contributed by atoms with van der Waals surface area (Å²) < 4.78 is 48.6. The fourth-order valence-corrected chi connectivity index (χ4v) is 2.89. The van der Waals surface area contributed by atoms with Crippen LogP contribution < -0.4 is 11.1 Å². The molecule has 3 N–H and O–H groups in total. The van der Waals surface area contributed by atoms with Gasteiger partial charge in [-0.3, -0.25) is 4.79 Å². The first-order valence-corrected chi connectivity index (χ1v) is 6.96. The lowest BCUT2D eigenvalue weighted by molar-refractivity contribution is 0.0943. The highest BCUT2D eigenvalue weighted by molar-refractivity contribution is 7.94. The molecule has 1 aliphatic heterocycles. The Morgan fingerprint density at radius 1 is 1.32 bits per heavy atom. The number of rotatable bonds is 2. The maximum atomic E-state index is 13.4. The highest BCUT2D eigenvalue weighted by atomic mass is 32.2. The zero-order valence-electron chi connectivity index (χ0n) is 9.56. The first-order chi connectivity index (χ1) is 8.78. The third-order valence-electron chi connectivity index (χ3n) is 2.58. The van der Waals surface area contributed by atoms with Gasteiger partial charge in [0.05, 0.1) is 23.0 Å². The third-order valence-corrected chi connectivity index (χ3v) is 3.97. The van der Waals surface area contributed by atoms with Gasteiger partial charge in [0.1, 0.15) is 11.6 Å². The number of benzene rings is 1. The van der Waals surface area contributed by atoms with Gasteiger partial charge < -0.3 is 11.1 Å². The predicted molar refractivity (Wildman–Crippen MR) is 65.0 cm³/mol. The lowest BCUT2D eigenvalue weighted by Gasteiger charge is -2.11. The maximum Gasteiger partial charge on any atom is 0.254 e. The second kappa shape index (κ2) is 4.61. The van der Waals surface area contributed by atoms with Gasteiger partial charge in [0.2, 0.25) is 0 Å². The molecule has 0 spiro atoms. The molecule has 1 unspecified atom stereocenters. The van der Waals surface area contributed by atoms with Crippen molar-refractivity contribution in [1.82, 2.24) is 5.32 Å². The quantitative estimate of drug-likeness (QED) is 0.779. The Balaban J connectivity index is 2.18. The average Bonchev–Trinajstić information content (AvgIpc) is 2.63. The van der Waals surface area contributed by atoms with Crippen LogP contribution in [0.5, 0.6) is 0 Å². The van der Waals surface area contributed by atoms with Crippen molar-refractivity contribution in [3.8, 4) is 0 Å². The molecule has 0 aliphatic carbocycles. The number of anilines is 1. The fourth-order valence-electron chi connectivity index (χ4n) is 1.65. The average molecular weight is 288 g/mol. The number of nitrogen functional groups attached to an aromatic ring is 1. The minimum Gasteiger partial charge on any atom is -0.396 e. The fraction of sp³-hybridized carbons (Fsp3) is 0.182. The molecule has 19 heavy (non-hydrogen) atoms. The molecular weight excluding hydrogens is 278 g/mol. The number of sulfone groups is 1. The summed E-state index contributed by atoms with van der Waals surface area (Å²) in [7, 11) is -3.32. The van der Waals surface area contributed by atoms with Crippen LogP contribution in [-0.4, -0.2) is 26.1 Å². The van der Waals surface area contributed by atoms with E-state index >= 15 is 0 Å². The summed E-state index contributed by atoms with van der Waals surface area (Å²) in [5, 5.41) is 3.29. The molecule has 0 saturated carbocycles. The zero-order valence-corrected chi connectivity index (χ0v) is 10.4. The van der Waals surface area contributed by atoms with E-state index in [-0.39, 0.29) is 11.4 Å². The molecule has 1 aromatic carbocycles. The van der Waals surface area contributed by atoms with Crippen molar-refractivity contribution in [2.24, 2.45) is 0 Å². The van der Waals surface area contributed by atoms with Gasteiger partial charge in [0.25, 0.3) is 5.91 Å². The van der Waals surface area contributed by atoms with Crippen molar-refractivity contribution in [1.29, 1.82) is 0 Å². The number of carbonyl (C=O) groups excluding carboxylic acids is 1. The van der Waals surface area contributed by atoms with Crippen molar-refractivity contribution >= 4 is 21.4 Å². The zero-order chi connectivity index (χ0) is 14.2. The summed E-state index contributed by atoms with van der Waals surface area (Å²) in [5.74, 6) is -3.15. The predicted octanol–water partition coefficient (Wildman–Crippen LogP) is 0.588. The third kappa shape index (κ3) is 2.90. The van der Waals surface area contributed by atoms with Crippen LogP contribution in [0.15, 0.2) is 23.6 Å². The van der Waals surface area contributed by atoms with E-state index in [1.165, 1.54) is 6.08 Å². The highest BCUT2D eigenvalue weighted by Gasteiger charge is 2.24. The lowest BCUT2D eigenvalue weighted by atomic mass is 10.1. The van der Waals surface area contributed by atoms with Gasteiger partial charge in [0, 0.05) is 11.5 Å². The largest absolute Gasteiger partial charge is 0.396 e. The van der Waals surface area contributed by atoms with E-state index in [0.29, 0.717) is 6.07 Å². The van der Waals surface area contributed by atoms with E-state index in [9.17, 15) is 22.0 Å². The SMILES string of the molecule is Nc1cc(C(=O)NC2C=CS(=O)(=O)C2)c(F)cc1F. The van der Waals surface area contributed by atoms with Crippen molar-refractivity contribution < 1.29 is 22.0 Å². The first-order valence-electron chi connectivity index (χ1n) is 5.25. The first kappa shape index (κ1) is 13.5. The smallest absolute Gasteiger partial charge is 0.254 e. The molecule has 0 bridgehead atoms. The van der Waals surface area contributed by atoms with Crippen LogP contribution in [0.2, 0.25) is 0 Å². The standard InChI is InChI=1S/C11H10F2N2O3S/c12-8-4-9(13)10(14)3-7(8)11(16)15-6-1-2-19(17,18)5-6/h1-4,6H,5,14H2,(H,15,16). The topological polar surface area (TPSA) is 89.3 Å². The van der Waals surface area contributed by atoms with Crippen LogP contribution in [-0.2, 0) is 9.84 Å². The number of halogens is 2. The van der Waals surface area contributed by atoms with E-state index < -0.39 is 39.0 Å². The molecule has 0 aromatic heterocycles. The Kier molecular flexibility index (Phi) is 3.27. The molecule has 0 radical (unpaired) electrons. The number of nitrogens with one attached hydrogen (secondary N) is 1. The molecule has 2 rings (SSSR count). The number of hydrogen-bond acceptors (Lipinski definition) is 4. The van der Waals surface area contributed by atoms with Gasteiger partial charge in [-0.15, -0.1) is 0 Å². The molecular formula is C11H10F2N2O3S. The number of carbonyl (C=O) groups is 1. The molecule has 1 amide bonds. The Labute approximate surface area is 108 Å². The highest BCUT2D eigenvalue weighted by Crippen LogP contribution is 2.17. The van der Waals surface area contributed by atoms with Gasteiger partial charge in [0.15, 0.2) is 9.84 Å². The summed E-state index contributed by atoms with van der Waals surface area (Å²) in [4.78, 5) is 11.7. The van der Waals surface area contributed by atoms with Gasteiger partial charge in [-0.1, -0.05) is 0 Å². The summed E-state index contributed by atoms with van der Waals surface area (Å²) in [5.41, 5.74) is 4.45. The Hall–Kier alpha value is -1.96. The van der Waals surface area contributed by atoms with Gasteiger partial charge in [-0.2, -0.15) is 0 Å². The molecule has 0 fully saturated rings. The second-order valence-electron chi connectivity index (χ2n) is 4.09. The Morgan fingerprint density at radius 2 is 2.00 bits per heavy atom. The maximum absolute atomic E-state index is 13.4. The van der Waals surface area contributed by atoms with E-state index in [4.69, 9.17) is 5.73 Å². The molecule has 1 heterocycles. The van der Waals surface area contributed by atoms with E-state index in [0.717, 1.165) is 11.5 Å².